The first-order valence-electron chi connectivity index (χ1n) is 12.8. The molecule has 2 aromatic carbocycles. The van der Waals surface area contributed by atoms with Crippen molar-refractivity contribution < 1.29 is 28.2 Å². The summed E-state index contributed by atoms with van der Waals surface area (Å²) < 4.78 is 40.9. The number of fused-ring (bicyclic) bond motifs is 1. The van der Waals surface area contributed by atoms with E-state index in [9.17, 15) is 18.7 Å². The molecule has 4 aromatic rings. The van der Waals surface area contributed by atoms with Crippen LogP contribution in [0.5, 0.6) is 5.75 Å². The van der Waals surface area contributed by atoms with Crippen LogP contribution in [0.2, 0.25) is 0 Å². The van der Waals surface area contributed by atoms with E-state index in [1.54, 1.807) is 22.7 Å². The van der Waals surface area contributed by atoms with E-state index in [0.717, 1.165) is 18.1 Å². The summed E-state index contributed by atoms with van der Waals surface area (Å²) in [7, 11) is 0. The van der Waals surface area contributed by atoms with Gasteiger partial charge in [0.1, 0.15) is 0 Å². The average molecular weight is 540 g/mol. The molecule has 39 heavy (non-hydrogen) atoms. The smallest absolute Gasteiger partial charge is 0.251 e. The summed E-state index contributed by atoms with van der Waals surface area (Å²) in [5.74, 6) is -3.06. The van der Waals surface area contributed by atoms with Crippen molar-refractivity contribution in [1.82, 2.24) is 19.7 Å². The number of carbonyl (C=O) groups is 1. The Kier molecular flexibility index (Phi) is 9.40. The summed E-state index contributed by atoms with van der Waals surface area (Å²) in [6, 6.07) is 7.74. The van der Waals surface area contributed by atoms with Crippen LogP contribution in [-0.4, -0.2) is 58.4 Å². The highest BCUT2D eigenvalue weighted by Crippen LogP contribution is 2.31. The lowest BCUT2D eigenvalue weighted by Crippen LogP contribution is -2.28. The fraction of sp³-hybridized carbons (Fsp3) is 0.321. The van der Waals surface area contributed by atoms with Gasteiger partial charge in [0, 0.05) is 42.4 Å². The number of carbonyl (C=O) groups excluding carboxylic acids is 1. The number of aryl methyl sites for hydroxylation is 1. The quantitative estimate of drug-likeness (QED) is 0.208. The van der Waals surface area contributed by atoms with Crippen LogP contribution >= 0.6 is 0 Å². The molecule has 0 aliphatic carbocycles. The van der Waals surface area contributed by atoms with E-state index in [-0.39, 0.29) is 11.5 Å². The zero-order chi connectivity index (χ0) is 27.8. The molecule has 206 valence electrons. The third-order valence-corrected chi connectivity index (χ3v) is 6.01. The summed E-state index contributed by atoms with van der Waals surface area (Å²) in [4.78, 5) is 21.4. The van der Waals surface area contributed by atoms with Crippen LogP contribution in [-0.2, 0) is 15.9 Å². The van der Waals surface area contributed by atoms with Crippen molar-refractivity contribution >= 4 is 23.1 Å². The molecular weight excluding hydrogens is 508 g/mol. The Hall–Kier alpha value is -4.09. The van der Waals surface area contributed by atoms with Gasteiger partial charge in [0.15, 0.2) is 23.0 Å². The van der Waals surface area contributed by atoms with Gasteiger partial charge in [0.25, 0.3) is 5.91 Å². The van der Waals surface area contributed by atoms with Crippen LogP contribution in [0.1, 0.15) is 36.2 Å². The zero-order valence-corrected chi connectivity index (χ0v) is 21.8. The lowest BCUT2D eigenvalue weighted by Gasteiger charge is -2.13. The summed E-state index contributed by atoms with van der Waals surface area (Å²) in [5, 5.41) is 15.5. The Bertz CT molecular complexity index is 1440. The Morgan fingerprint density at radius 3 is 2.59 bits per heavy atom. The van der Waals surface area contributed by atoms with Gasteiger partial charge < -0.3 is 25.2 Å². The minimum absolute atomic E-state index is 0.0474. The maximum atomic E-state index is 14.5. The fourth-order valence-electron chi connectivity index (χ4n) is 4.06. The first-order chi connectivity index (χ1) is 18.9. The van der Waals surface area contributed by atoms with Crippen molar-refractivity contribution in [2.24, 2.45) is 0 Å². The number of aromatic hydroxyl groups is 1. The van der Waals surface area contributed by atoms with Crippen LogP contribution in [0.4, 0.5) is 20.3 Å². The number of nitrogens with zero attached hydrogens (tertiary/aromatic N) is 3. The highest BCUT2D eigenvalue weighted by atomic mass is 19.2. The molecule has 2 aromatic heterocycles. The van der Waals surface area contributed by atoms with Crippen LogP contribution in [0.3, 0.4) is 0 Å². The van der Waals surface area contributed by atoms with Crippen LogP contribution in [0.25, 0.3) is 16.9 Å². The van der Waals surface area contributed by atoms with Gasteiger partial charge in [0.05, 0.1) is 31.7 Å². The Labute approximate surface area is 224 Å². The van der Waals surface area contributed by atoms with E-state index < -0.39 is 17.4 Å². The molecule has 0 atom stereocenters. The second-order valence-corrected chi connectivity index (χ2v) is 8.70. The van der Waals surface area contributed by atoms with Crippen LogP contribution in [0.15, 0.2) is 48.9 Å². The molecule has 0 bridgehead atoms. The predicted molar refractivity (Wildman–Crippen MR) is 143 cm³/mol. The number of aromatic nitrogens is 3. The number of imidazole rings is 1. The number of rotatable bonds is 13. The van der Waals surface area contributed by atoms with E-state index in [1.165, 1.54) is 18.5 Å². The summed E-state index contributed by atoms with van der Waals surface area (Å²) >= 11 is 0. The molecule has 2 heterocycles. The maximum absolute atomic E-state index is 14.5. The van der Waals surface area contributed by atoms with Gasteiger partial charge in [-0.05, 0) is 48.7 Å². The van der Waals surface area contributed by atoms with Crippen molar-refractivity contribution in [1.29, 1.82) is 0 Å². The first-order valence-corrected chi connectivity index (χ1v) is 12.8. The molecule has 11 heteroatoms. The number of halogens is 2. The van der Waals surface area contributed by atoms with Gasteiger partial charge in [-0.1, -0.05) is 13.8 Å². The minimum Gasteiger partial charge on any atom is -0.505 e. The van der Waals surface area contributed by atoms with E-state index in [2.05, 4.69) is 20.6 Å². The second kappa shape index (κ2) is 13.1. The normalized spacial score (nSPS) is 11.2. The molecule has 0 spiro atoms. The molecule has 0 radical (unpaired) electrons. The number of phenolic OH excluding ortho intramolecular Hbond substituents is 1. The zero-order valence-electron chi connectivity index (χ0n) is 21.8. The van der Waals surface area contributed by atoms with Crippen molar-refractivity contribution in [2.75, 3.05) is 38.3 Å². The molecule has 4 rings (SSSR count). The third-order valence-electron chi connectivity index (χ3n) is 6.01. The Morgan fingerprint density at radius 1 is 1.03 bits per heavy atom. The standard InChI is InChI=1S/C28H31F2N5O4/c1-3-12-38-14-15-39-13-10-32-28(37)20-6-5-19(16-18(20)4-2)34-26-27-33-17-22(35(27)11-9-31-26)21-7-8-23(36)25(30)24(21)29/h5-9,11,16-17,36H,3-4,10,12-15H2,1-2H3,(H,31,34)(H,32,37). The molecular formula is C28H31F2N5O4. The molecule has 0 saturated heterocycles. The van der Waals surface area contributed by atoms with Crippen LogP contribution < -0.4 is 10.6 Å². The molecule has 0 saturated carbocycles. The number of anilines is 2. The van der Waals surface area contributed by atoms with Crippen molar-refractivity contribution in [3.8, 4) is 17.0 Å². The molecule has 0 aliphatic rings. The number of hydrogen-bond donors (Lipinski definition) is 3. The molecule has 1 amide bonds. The molecule has 9 nitrogen and oxygen atoms in total. The first kappa shape index (κ1) is 27.9. The molecule has 3 N–H and O–H groups in total. The Balaban J connectivity index is 1.45. The average Bonchev–Trinajstić information content (AvgIpc) is 3.38. The van der Waals surface area contributed by atoms with Crippen LogP contribution in [0, 0.1) is 11.6 Å². The predicted octanol–water partition coefficient (Wildman–Crippen LogP) is 4.86. The summed E-state index contributed by atoms with van der Waals surface area (Å²) in [6.45, 7) is 6.51. The number of phenols is 1. The van der Waals surface area contributed by atoms with E-state index in [4.69, 9.17) is 9.47 Å². The van der Waals surface area contributed by atoms with Gasteiger partial charge in [0.2, 0.25) is 5.82 Å². The van der Waals surface area contributed by atoms with Gasteiger partial charge in [-0.3, -0.25) is 9.20 Å². The third kappa shape index (κ3) is 6.50. The number of benzene rings is 2. The van der Waals surface area contributed by atoms with E-state index >= 15 is 0 Å². The summed E-state index contributed by atoms with van der Waals surface area (Å²) in [5.41, 5.74) is 2.72. The van der Waals surface area contributed by atoms with Gasteiger partial charge >= 0.3 is 0 Å². The molecule has 0 fully saturated rings. The number of hydrogen-bond acceptors (Lipinski definition) is 7. The molecule has 0 aliphatic heterocycles. The number of nitrogens with one attached hydrogen (secondary N) is 2. The number of amides is 1. The van der Waals surface area contributed by atoms with Crippen molar-refractivity contribution in [2.45, 2.75) is 26.7 Å². The van der Waals surface area contributed by atoms with Gasteiger partial charge in [-0.2, -0.15) is 4.39 Å². The maximum Gasteiger partial charge on any atom is 0.251 e. The SMILES string of the molecule is CCCOCCOCCNC(=O)c1ccc(Nc2nccn3c(-c4ccc(O)c(F)c4F)cnc23)cc1CC. The lowest BCUT2D eigenvalue weighted by molar-refractivity contribution is 0.0485. The van der Waals surface area contributed by atoms with Crippen molar-refractivity contribution in [3.63, 3.8) is 0 Å². The minimum atomic E-state index is -1.32. The summed E-state index contributed by atoms with van der Waals surface area (Å²) in [6.07, 6.45) is 6.09. The van der Waals surface area contributed by atoms with Gasteiger partial charge in [-0.25, -0.2) is 14.4 Å². The topological polar surface area (TPSA) is 110 Å². The highest BCUT2D eigenvalue weighted by molar-refractivity contribution is 5.96. The fourth-order valence-corrected chi connectivity index (χ4v) is 4.06. The monoisotopic (exact) mass is 539 g/mol. The lowest BCUT2D eigenvalue weighted by atomic mass is 10.0. The highest BCUT2D eigenvalue weighted by Gasteiger charge is 2.19. The Morgan fingerprint density at radius 2 is 1.82 bits per heavy atom. The van der Waals surface area contributed by atoms with E-state index in [1.807, 2.05) is 19.9 Å². The van der Waals surface area contributed by atoms with E-state index in [0.29, 0.717) is 67.8 Å². The second-order valence-electron chi connectivity index (χ2n) is 8.70. The van der Waals surface area contributed by atoms with Gasteiger partial charge in [-0.15, -0.1) is 0 Å². The largest absolute Gasteiger partial charge is 0.505 e. The number of ether oxygens (including phenoxy) is 2. The molecule has 0 unspecified atom stereocenters. The van der Waals surface area contributed by atoms with Crippen molar-refractivity contribution in [3.05, 3.63) is 71.7 Å².